The predicted molar refractivity (Wildman–Crippen MR) is 53.4 cm³/mol. The van der Waals surface area contributed by atoms with E-state index in [4.69, 9.17) is 0 Å². The Morgan fingerprint density at radius 2 is 2.21 bits per heavy atom. The predicted octanol–water partition coefficient (Wildman–Crippen LogP) is 1.90. The molecule has 0 radical (unpaired) electrons. The number of aromatic nitrogens is 2. The van der Waals surface area contributed by atoms with E-state index in [9.17, 15) is 4.79 Å². The number of ketones is 1. The van der Waals surface area contributed by atoms with Crippen LogP contribution in [0.3, 0.4) is 0 Å². The van der Waals surface area contributed by atoms with E-state index in [1.54, 1.807) is 6.20 Å². The first-order chi connectivity index (χ1) is 6.50. The molecule has 0 aliphatic heterocycles. The summed E-state index contributed by atoms with van der Waals surface area (Å²) in [6.45, 7) is 5.86. The number of carbonyl (C=O) groups excluding carboxylic acids is 1. The Morgan fingerprint density at radius 1 is 1.50 bits per heavy atom. The van der Waals surface area contributed by atoms with Crippen LogP contribution in [0.15, 0.2) is 6.20 Å². The molecule has 0 N–H and O–H groups in total. The quantitative estimate of drug-likeness (QED) is 0.635. The standard InChI is InChI=1S/C11H14N2O/c1-7(14)9-6-12-10-8(13-9)4-5-11(10,2)3/h6H,4-5H2,1-3H3. The third-order valence-electron chi connectivity index (χ3n) is 2.83. The van der Waals surface area contributed by atoms with Gasteiger partial charge in [-0.2, -0.15) is 0 Å². The maximum Gasteiger partial charge on any atom is 0.179 e. The third kappa shape index (κ3) is 1.33. The van der Waals surface area contributed by atoms with Gasteiger partial charge in [0, 0.05) is 12.3 Å². The summed E-state index contributed by atoms with van der Waals surface area (Å²) in [6.07, 6.45) is 3.61. The zero-order chi connectivity index (χ0) is 10.3. The van der Waals surface area contributed by atoms with E-state index in [0.717, 1.165) is 24.2 Å². The van der Waals surface area contributed by atoms with Crippen LogP contribution in [0.4, 0.5) is 0 Å². The molecule has 0 bridgehead atoms. The van der Waals surface area contributed by atoms with Crippen LogP contribution in [-0.2, 0) is 11.8 Å². The van der Waals surface area contributed by atoms with Gasteiger partial charge >= 0.3 is 0 Å². The van der Waals surface area contributed by atoms with Crippen molar-refractivity contribution in [1.29, 1.82) is 0 Å². The van der Waals surface area contributed by atoms with Gasteiger partial charge in [-0.3, -0.25) is 9.78 Å². The van der Waals surface area contributed by atoms with E-state index in [1.165, 1.54) is 6.92 Å². The van der Waals surface area contributed by atoms with Crippen molar-refractivity contribution in [2.75, 3.05) is 0 Å². The van der Waals surface area contributed by atoms with Crippen molar-refractivity contribution in [2.24, 2.45) is 0 Å². The van der Waals surface area contributed by atoms with Crippen molar-refractivity contribution in [3.05, 3.63) is 23.3 Å². The SMILES string of the molecule is CC(=O)c1cnc2c(n1)CCC2(C)C. The Balaban J connectivity index is 2.49. The smallest absolute Gasteiger partial charge is 0.179 e. The lowest BCUT2D eigenvalue weighted by atomic mass is 9.91. The molecule has 3 heteroatoms. The van der Waals surface area contributed by atoms with Gasteiger partial charge in [0.2, 0.25) is 0 Å². The Bertz CT molecular complexity index is 396. The lowest BCUT2D eigenvalue weighted by molar-refractivity contribution is 0.101. The molecule has 0 fully saturated rings. The number of carbonyl (C=O) groups is 1. The maximum atomic E-state index is 11.1. The van der Waals surface area contributed by atoms with Crippen LogP contribution in [0.5, 0.6) is 0 Å². The molecule has 2 rings (SSSR count). The van der Waals surface area contributed by atoms with Crippen LogP contribution in [0.1, 0.15) is 49.1 Å². The first kappa shape index (κ1) is 9.31. The van der Waals surface area contributed by atoms with Crippen molar-refractivity contribution < 1.29 is 4.79 Å². The van der Waals surface area contributed by atoms with Crippen LogP contribution >= 0.6 is 0 Å². The average Bonchev–Trinajstić information content (AvgIpc) is 2.42. The Kier molecular flexibility index (Phi) is 1.91. The van der Waals surface area contributed by atoms with Crippen LogP contribution in [0.25, 0.3) is 0 Å². The van der Waals surface area contributed by atoms with Crippen LogP contribution < -0.4 is 0 Å². The number of hydrogen-bond donors (Lipinski definition) is 0. The number of hydrogen-bond acceptors (Lipinski definition) is 3. The highest BCUT2D eigenvalue weighted by Crippen LogP contribution is 2.35. The summed E-state index contributed by atoms with van der Waals surface area (Å²) in [5.41, 5.74) is 2.67. The Hall–Kier alpha value is -1.25. The van der Waals surface area contributed by atoms with Gasteiger partial charge in [-0.15, -0.1) is 0 Å². The summed E-state index contributed by atoms with van der Waals surface area (Å²) in [6, 6.07) is 0. The zero-order valence-corrected chi connectivity index (χ0v) is 8.79. The molecule has 0 atom stereocenters. The van der Waals surface area contributed by atoms with Gasteiger partial charge < -0.3 is 0 Å². The summed E-state index contributed by atoms with van der Waals surface area (Å²) < 4.78 is 0. The minimum absolute atomic E-state index is 0.00925. The lowest BCUT2D eigenvalue weighted by Crippen LogP contribution is -2.15. The molecular weight excluding hydrogens is 176 g/mol. The molecule has 0 spiro atoms. The molecule has 14 heavy (non-hydrogen) atoms. The van der Waals surface area contributed by atoms with Gasteiger partial charge in [0.1, 0.15) is 5.69 Å². The van der Waals surface area contributed by atoms with E-state index < -0.39 is 0 Å². The summed E-state index contributed by atoms with van der Waals surface area (Å²) in [5.74, 6) is -0.00925. The largest absolute Gasteiger partial charge is 0.293 e. The molecule has 1 aromatic rings. The lowest BCUT2D eigenvalue weighted by Gasteiger charge is -2.16. The number of Topliss-reactive ketones (excluding diaryl/α,β-unsaturated/α-hetero) is 1. The maximum absolute atomic E-state index is 11.1. The number of aryl methyl sites for hydroxylation is 1. The van der Waals surface area contributed by atoms with Gasteiger partial charge in [0.25, 0.3) is 0 Å². The van der Waals surface area contributed by atoms with E-state index in [1.807, 2.05) is 0 Å². The molecule has 0 saturated carbocycles. The molecule has 1 heterocycles. The molecular formula is C11H14N2O. The van der Waals surface area contributed by atoms with Crippen molar-refractivity contribution >= 4 is 5.78 Å². The first-order valence-electron chi connectivity index (χ1n) is 4.88. The fourth-order valence-electron chi connectivity index (χ4n) is 1.89. The van der Waals surface area contributed by atoms with E-state index in [0.29, 0.717) is 5.69 Å². The van der Waals surface area contributed by atoms with Crippen LogP contribution in [0.2, 0.25) is 0 Å². The van der Waals surface area contributed by atoms with Gasteiger partial charge in [-0.05, 0) is 12.8 Å². The third-order valence-corrected chi connectivity index (χ3v) is 2.83. The highest BCUT2D eigenvalue weighted by molar-refractivity contribution is 5.91. The highest BCUT2D eigenvalue weighted by Gasteiger charge is 2.32. The van der Waals surface area contributed by atoms with E-state index >= 15 is 0 Å². The van der Waals surface area contributed by atoms with Crippen molar-refractivity contribution in [3.8, 4) is 0 Å². The molecule has 3 nitrogen and oxygen atoms in total. The fourth-order valence-corrected chi connectivity index (χ4v) is 1.89. The van der Waals surface area contributed by atoms with Gasteiger partial charge in [0.05, 0.1) is 17.6 Å². The number of rotatable bonds is 1. The summed E-state index contributed by atoms with van der Waals surface area (Å²) in [7, 11) is 0. The van der Waals surface area contributed by atoms with E-state index in [2.05, 4.69) is 23.8 Å². The monoisotopic (exact) mass is 190 g/mol. The zero-order valence-electron chi connectivity index (χ0n) is 8.79. The molecule has 74 valence electrons. The average molecular weight is 190 g/mol. The molecule has 1 aliphatic rings. The molecule has 1 aliphatic carbocycles. The van der Waals surface area contributed by atoms with Crippen molar-refractivity contribution in [2.45, 2.75) is 39.0 Å². The topological polar surface area (TPSA) is 42.9 Å². The minimum Gasteiger partial charge on any atom is -0.293 e. The summed E-state index contributed by atoms with van der Waals surface area (Å²) in [5, 5.41) is 0. The van der Waals surface area contributed by atoms with Crippen molar-refractivity contribution in [3.63, 3.8) is 0 Å². The van der Waals surface area contributed by atoms with Crippen LogP contribution in [-0.4, -0.2) is 15.8 Å². The summed E-state index contributed by atoms with van der Waals surface area (Å²) >= 11 is 0. The number of fused-ring (bicyclic) bond motifs is 1. The van der Waals surface area contributed by atoms with Crippen LogP contribution in [0, 0.1) is 0 Å². The second-order valence-corrected chi connectivity index (χ2v) is 4.49. The fraction of sp³-hybridized carbons (Fsp3) is 0.545. The second-order valence-electron chi connectivity index (χ2n) is 4.49. The summed E-state index contributed by atoms with van der Waals surface area (Å²) in [4.78, 5) is 19.8. The van der Waals surface area contributed by atoms with Crippen molar-refractivity contribution in [1.82, 2.24) is 9.97 Å². The molecule has 1 aromatic heterocycles. The first-order valence-corrected chi connectivity index (χ1v) is 4.88. The van der Waals surface area contributed by atoms with Gasteiger partial charge in [-0.1, -0.05) is 13.8 Å². The van der Waals surface area contributed by atoms with E-state index in [-0.39, 0.29) is 11.2 Å². The Labute approximate surface area is 83.6 Å². The second kappa shape index (κ2) is 2.87. The highest BCUT2D eigenvalue weighted by atomic mass is 16.1. The van der Waals surface area contributed by atoms with Gasteiger partial charge in [-0.25, -0.2) is 4.98 Å². The molecule has 0 aromatic carbocycles. The molecule has 0 amide bonds. The Morgan fingerprint density at radius 3 is 2.86 bits per heavy atom. The molecule has 0 saturated heterocycles. The normalized spacial score (nSPS) is 17.9. The minimum atomic E-state index is -0.00925. The molecule has 0 unspecified atom stereocenters. The number of nitrogens with zero attached hydrogens (tertiary/aromatic N) is 2. The van der Waals surface area contributed by atoms with Gasteiger partial charge in [0.15, 0.2) is 5.78 Å².